The molecule has 5 nitrogen and oxygen atoms in total. The number of benzene rings is 3. The molecule has 8 aromatic heterocycles. The van der Waals surface area contributed by atoms with Gasteiger partial charge in [0.15, 0.2) is 10.8 Å². The first-order valence-corrected chi connectivity index (χ1v) is 39.6. The van der Waals surface area contributed by atoms with Crippen molar-refractivity contribution in [3.05, 3.63) is 314 Å². The first-order chi connectivity index (χ1) is 47.8. The van der Waals surface area contributed by atoms with Crippen LogP contribution in [0.1, 0.15) is 275 Å². The van der Waals surface area contributed by atoms with Crippen LogP contribution in [0.3, 0.4) is 0 Å². The molecule has 0 bridgehead atoms. The summed E-state index contributed by atoms with van der Waals surface area (Å²) in [7, 11) is 0. The molecule has 0 spiro atoms. The molecular formula is C88H116ClF2N5S5. The van der Waals surface area contributed by atoms with Gasteiger partial charge in [-0.3, -0.25) is 9.97 Å². The van der Waals surface area contributed by atoms with E-state index in [4.69, 9.17) is 24.7 Å². The average Bonchev–Trinajstić information content (AvgIpc) is 1.74. The molecule has 3 aromatic carbocycles. The summed E-state index contributed by atoms with van der Waals surface area (Å²) >= 11 is 13.9. The molecule has 0 radical (unpaired) electrons. The second-order valence-corrected chi connectivity index (χ2v) is 33.2. The van der Waals surface area contributed by atoms with Gasteiger partial charge >= 0.3 is 0 Å². The summed E-state index contributed by atoms with van der Waals surface area (Å²) in [5.41, 5.74) is 6.90. The molecule has 0 aliphatic rings. The maximum absolute atomic E-state index is 12.5. The summed E-state index contributed by atoms with van der Waals surface area (Å²) < 4.78 is 27.9. The Morgan fingerprint density at radius 3 is 1.20 bits per heavy atom. The van der Waals surface area contributed by atoms with E-state index < -0.39 is 0 Å². The minimum atomic E-state index is -0.147. The van der Waals surface area contributed by atoms with Gasteiger partial charge in [0, 0.05) is 67.1 Å². The zero-order chi connectivity index (χ0) is 76.0. The van der Waals surface area contributed by atoms with Crippen molar-refractivity contribution in [3.63, 3.8) is 0 Å². The SMILES string of the molecule is CC(C)c1ccc(Cl)s1.CC(C)c1ccc(F)s1.CC(C)c1cccc(F)c1.CC(C)c1ccccc1.CC(C)c1ccccn1.CC(C)c1cccnc1.CC(C)c1cccs1.CC(C)n1cccc1.Cc1ccc(C(C)C)s1.[C-]#[N+]c1ccc(C(C)C)s1.[C-]#[N+]c1cccc(C(C)C)c1. The van der Waals surface area contributed by atoms with Gasteiger partial charge in [-0.2, -0.15) is 15.7 Å². The average molecular weight is 1480 g/mol. The van der Waals surface area contributed by atoms with Crippen LogP contribution >= 0.6 is 68.3 Å². The Balaban J connectivity index is 0.000000556. The van der Waals surface area contributed by atoms with Gasteiger partial charge in [0.2, 0.25) is 5.00 Å². The number of pyridine rings is 2. The highest BCUT2D eigenvalue weighted by atomic mass is 35.5. The van der Waals surface area contributed by atoms with E-state index in [0.717, 1.165) is 31.2 Å². The Labute approximate surface area is 635 Å². The van der Waals surface area contributed by atoms with Crippen molar-refractivity contribution in [3.8, 4) is 0 Å². The van der Waals surface area contributed by atoms with Crippen molar-refractivity contribution < 1.29 is 8.78 Å². The van der Waals surface area contributed by atoms with Crippen LogP contribution in [-0.2, 0) is 0 Å². The van der Waals surface area contributed by atoms with E-state index in [-0.39, 0.29) is 10.9 Å². The first kappa shape index (κ1) is 91.9. The fourth-order valence-corrected chi connectivity index (χ4v) is 12.4. The highest BCUT2D eigenvalue weighted by molar-refractivity contribution is 7.16. The fraction of sp³-hybridized carbons (Fsp3) is 0.386. The van der Waals surface area contributed by atoms with Crippen molar-refractivity contribution in [2.45, 2.75) is 224 Å². The summed E-state index contributed by atoms with van der Waals surface area (Å²) in [6.07, 6.45) is 9.68. The molecule has 11 rings (SSSR count). The highest BCUT2D eigenvalue weighted by Gasteiger charge is 2.06. The number of rotatable bonds is 11. The second-order valence-electron chi connectivity index (χ2n) is 27.0. The third kappa shape index (κ3) is 42.2. The van der Waals surface area contributed by atoms with Gasteiger partial charge in [-0.05, 0) is 198 Å². The van der Waals surface area contributed by atoms with E-state index in [1.54, 1.807) is 41.0 Å². The predicted octanol–water partition coefficient (Wildman–Crippen LogP) is 31.6. The van der Waals surface area contributed by atoms with Gasteiger partial charge in [0.1, 0.15) is 5.82 Å². The quantitative estimate of drug-likeness (QED) is 0.121. The Morgan fingerprint density at radius 2 is 0.891 bits per heavy atom. The molecule has 13 heteroatoms. The lowest BCUT2D eigenvalue weighted by Crippen LogP contribution is -1.94. The largest absolute Gasteiger partial charge is 0.352 e. The number of nitrogens with zero attached hydrogens (tertiary/aromatic N) is 5. The second kappa shape index (κ2) is 52.8. The zero-order valence-electron chi connectivity index (χ0n) is 64.5. The summed E-state index contributed by atoms with van der Waals surface area (Å²) in [6, 6.07) is 59.7. The molecule has 0 saturated heterocycles. The summed E-state index contributed by atoms with van der Waals surface area (Å²) in [5.74, 6) is 5.61. The van der Waals surface area contributed by atoms with Crippen LogP contribution in [0.25, 0.3) is 9.69 Å². The molecule has 0 atom stereocenters. The van der Waals surface area contributed by atoms with E-state index in [2.05, 4.69) is 268 Å². The molecule has 544 valence electrons. The van der Waals surface area contributed by atoms with Gasteiger partial charge in [0.05, 0.1) is 17.5 Å². The third-order valence-corrected chi connectivity index (χ3v) is 21.0. The van der Waals surface area contributed by atoms with Crippen LogP contribution in [0.4, 0.5) is 19.5 Å². The Hall–Kier alpha value is -7.13. The number of aromatic nitrogens is 3. The highest BCUT2D eigenvalue weighted by Crippen LogP contribution is 2.31. The molecule has 11 aromatic rings. The molecule has 8 heterocycles. The number of hydrogen-bond donors (Lipinski definition) is 0. The lowest BCUT2D eigenvalue weighted by Gasteiger charge is -2.03. The molecule has 0 N–H and O–H groups in total. The molecule has 0 fully saturated rings. The van der Waals surface area contributed by atoms with Crippen molar-refractivity contribution >= 4 is 79.0 Å². The molecule has 0 aliphatic heterocycles. The minimum Gasteiger partial charge on any atom is -0.352 e. The molecule has 0 saturated carbocycles. The Bertz CT molecular complexity index is 3610. The van der Waals surface area contributed by atoms with Crippen LogP contribution < -0.4 is 0 Å². The molecule has 0 unspecified atom stereocenters. The van der Waals surface area contributed by atoms with Crippen LogP contribution in [-0.4, -0.2) is 14.5 Å². The van der Waals surface area contributed by atoms with E-state index in [0.29, 0.717) is 65.2 Å². The van der Waals surface area contributed by atoms with Crippen molar-refractivity contribution in [1.29, 1.82) is 0 Å². The summed E-state index contributed by atoms with van der Waals surface area (Å²) in [5, 5.41) is 2.83. The Morgan fingerprint density at radius 1 is 0.396 bits per heavy atom. The van der Waals surface area contributed by atoms with Crippen LogP contribution in [0.2, 0.25) is 4.34 Å². The monoisotopic (exact) mass is 1480 g/mol. The molecule has 0 aliphatic carbocycles. The van der Waals surface area contributed by atoms with E-state index in [1.807, 2.05) is 126 Å². The van der Waals surface area contributed by atoms with Gasteiger partial charge < -0.3 is 4.57 Å². The van der Waals surface area contributed by atoms with Gasteiger partial charge in [-0.25, -0.2) is 14.1 Å². The van der Waals surface area contributed by atoms with Crippen molar-refractivity contribution in [2.24, 2.45) is 0 Å². The number of aryl methyl sites for hydroxylation is 1. The fourth-order valence-electron chi connectivity index (χ4n) is 8.16. The number of hydrogen-bond acceptors (Lipinski definition) is 7. The lowest BCUT2D eigenvalue weighted by atomic mass is 10.0. The minimum absolute atomic E-state index is 0.0845. The van der Waals surface area contributed by atoms with Gasteiger partial charge in [-0.15, -0.1) is 45.3 Å². The van der Waals surface area contributed by atoms with Gasteiger partial charge in [-0.1, -0.05) is 247 Å². The molecule has 101 heavy (non-hydrogen) atoms. The third-order valence-electron chi connectivity index (χ3n) is 14.6. The van der Waals surface area contributed by atoms with Crippen LogP contribution in [0.5, 0.6) is 0 Å². The van der Waals surface area contributed by atoms with Crippen LogP contribution in [0.15, 0.2) is 218 Å². The van der Waals surface area contributed by atoms with Crippen molar-refractivity contribution in [2.75, 3.05) is 0 Å². The zero-order valence-corrected chi connectivity index (χ0v) is 69.4. The first-order valence-electron chi connectivity index (χ1n) is 35.1. The standard InChI is InChI=1S/C10H11N.C9H11F.C9H12.C8H9NS.2C8H11N.C8H12S.C7H9ClS.C7H9FS.C7H11N.C7H10S/c1-8(2)9-5-4-6-10(7-9)11-3;1-7(2)8-4-3-5-9(10)6-8;1-8(2)9-6-4-3-5-7-9;1-6(2)7-4-5-8(9-3)10-7;1-7(2)8-4-3-5-9-6-8;1-7(2)8-5-3-4-6-9-8;1-6(2)8-5-4-7(3)9-8;2*1-5(2)6-3-4-7(8)9-6;1-7(2)8-5-3-4-6-8;1-6(2)7-4-3-5-8-7/h4-8H,1-2H3;3-7H,1-2H3;3-8H,1-2H3;4-6H,1-2H3;2*3-7H,1-2H3;4-6H,1-3H3;2*3-5H,1-2H3;3-7H,1-2H3;3-6H,1-2H3. The topological polar surface area (TPSA) is 39.4 Å². The maximum atomic E-state index is 12.5. The number of halogens is 3. The predicted molar refractivity (Wildman–Crippen MR) is 447 cm³/mol. The summed E-state index contributed by atoms with van der Waals surface area (Å²) in [4.78, 5) is 23.1. The van der Waals surface area contributed by atoms with E-state index in [9.17, 15) is 8.78 Å². The number of thiophene rings is 5. The van der Waals surface area contributed by atoms with E-state index >= 15 is 0 Å². The molecular weight excluding hydrogens is 1360 g/mol. The lowest BCUT2D eigenvalue weighted by molar-refractivity contribution is 0.604. The van der Waals surface area contributed by atoms with E-state index in [1.165, 1.54) is 64.5 Å². The smallest absolute Gasteiger partial charge is 0.241 e. The molecule has 0 amide bonds. The van der Waals surface area contributed by atoms with Crippen LogP contribution in [0, 0.1) is 31.0 Å². The maximum Gasteiger partial charge on any atom is 0.241 e. The Kier molecular flexibility index (Phi) is 48.0. The van der Waals surface area contributed by atoms with Gasteiger partial charge in [0.25, 0.3) is 0 Å². The normalized spacial score (nSPS) is 10.2. The summed E-state index contributed by atoms with van der Waals surface area (Å²) in [6.45, 7) is 63.0. The van der Waals surface area contributed by atoms with Crippen molar-refractivity contribution in [1.82, 2.24) is 14.5 Å².